The first-order valence-electron chi connectivity index (χ1n) is 5.42. The van der Waals surface area contributed by atoms with Crippen LogP contribution in [0.25, 0.3) is 0 Å². The van der Waals surface area contributed by atoms with Gasteiger partial charge in [-0.1, -0.05) is 5.22 Å². The van der Waals surface area contributed by atoms with Gasteiger partial charge in [0.15, 0.2) is 5.69 Å². The number of primary amides is 1. The maximum atomic E-state index is 11.0. The summed E-state index contributed by atoms with van der Waals surface area (Å²) in [4.78, 5) is 17.4. The summed E-state index contributed by atoms with van der Waals surface area (Å²) in [6.45, 7) is 0.690. The highest BCUT2D eigenvalue weighted by Crippen LogP contribution is 2.13. The molecule has 0 aliphatic rings. The van der Waals surface area contributed by atoms with Crippen molar-refractivity contribution in [2.24, 2.45) is 16.1 Å². The fourth-order valence-electron chi connectivity index (χ4n) is 1.21. The zero-order valence-electron chi connectivity index (χ0n) is 10.1. The van der Waals surface area contributed by atoms with Gasteiger partial charge in [-0.25, -0.2) is 4.98 Å². The number of nitrogens with one attached hydrogen (secondary N) is 1. The van der Waals surface area contributed by atoms with Crippen LogP contribution < -0.4 is 5.73 Å². The number of nitrogens with two attached hydrogens (primary N) is 1. The number of hydrogen-bond donors (Lipinski definition) is 2. The molecule has 1 aromatic heterocycles. The van der Waals surface area contributed by atoms with Gasteiger partial charge < -0.3 is 10.7 Å². The third kappa shape index (κ3) is 4.44. The van der Waals surface area contributed by atoms with E-state index in [9.17, 15) is 4.79 Å². The number of nitriles is 2. The second-order valence-electron chi connectivity index (χ2n) is 3.42. The van der Waals surface area contributed by atoms with E-state index >= 15 is 0 Å². The third-order valence-electron chi connectivity index (χ3n) is 2.10. The molecule has 0 aliphatic carbocycles. The fraction of sp³-hybridized carbons (Fsp3) is 0.400. The van der Waals surface area contributed by atoms with Crippen molar-refractivity contribution >= 4 is 11.7 Å². The minimum absolute atomic E-state index is 0.0595. The van der Waals surface area contributed by atoms with Gasteiger partial charge in [0, 0.05) is 0 Å². The molecule has 9 heteroatoms. The molecular weight excluding hydrogens is 248 g/mol. The summed E-state index contributed by atoms with van der Waals surface area (Å²) in [5.74, 6) is -0.613. The monoisotopic (exact) mass is 260 g/mol. The van der Waals surface area contributed by atoms with Crippen LogP contribution in [0.1, 0.15) is 23.3 Å². The van der Waals surface area contributed by atoms with Crippen LogP contribution in [0.2, 0.25) is 0 Å². The molecule has 98 valence electrons. The molecule has 0 fully saturated rings. The Morgan fingerprint density at radius 3 is 2.58 bits per heavy atom. The zero-order valence-corrected chi connectivity index (χ0v) is 10.1. The summed E-state index contributed by atoms with van der Waals surface area (Å²) >= 11 is 0. The van der Waals surface area contributed by atoms with E-state index in [1.165, 1.54) is 11.3 Å². The maximum Gasteiger partial charge on any atom is 0.269 e. The minimum Gasteiger partial charge on any atom is -0.364 e. The van der Waals surface area contributed by atoms with E-state index < -0.39 is 5.91 Å². The molecule has 0 atom stereocenters. The van der Waals surface area contributed by atoms with Crippen LogP contribution in [0.5, 0.6) is 0 Å². The Kier molecular flexibility index (Phi) is 5.50. The van der Waals surface area contributed by atoms with Gasteiger partial charge in [0.05, 0.1) is 44.4 Å². The molecule has 1 aromatic rings. The van der Waals surface area contributed by atoms with Crippen LogP contribution >= 0.6 is 0 Å². The van der Waals surface area contributed by atoms with Crippen LogP contribution in [0.3, 0.4) is 0 Å². The predicted octanol–water partition coefficient (Wildman–Crippen LogP) is 0.637. The van der Waals surface area contributed by atoms with Crippen LogP contribution in [-0.2, 0) is 0 Å². The Hall–Kier alpha value is -2.94. The lowest BCUT2D eigenvalue weighted by atomic mass is 10.4. The largest absolute Gasteiger partial charge is 0.364 e. The van der Waals surface area contributed by atoms with Crippen molar-refractivity contribution in [3.63, 3.8) is 0 Å². The fourth-order valence-corrected chi connectivity index (χ4v) is 1.21. The number of hydrogen-bond acceptors (Lipinski definition) is 6. The smallest absolute Gasteiger partial charge is 0.269 e. The van der Waals surface area contributed by atoms with Crippen molar-refractivity contribution in [1.82, 2.24) is 15.0 Å². The molecule has 0 aliphatic heterocycles. The Balaban J connectivity index is 2.74. The number of rotatable bonds is 7. The number of aromatic amines is 1. The molecule has 0 aromatic carbocycles. The lowest BCUT2D eigenvalue weighted by molar-refractivity contribution is 0.0996. The number of aromatic nitrogens is 2. The molecule has 1 rings (SSSR count). The molecule has 0 spiro atoms. The van der Waals surface area contributed by atoms with Crippen molar-refractivity contribution in [1.29, 1.82) is 10.5 Å². The van der Waals surface area contributed by atoms with E-state index in [1.807, 2.05) is 12.1 Å². The molecule has 0 unspecified atom stereocenters. The Morgan fingerprint density at radius 2 is 2.05 bits per heavy atom. The lowest BCUT2D eigenvalue weighted by Crippen LogP contribution is -2.19. The molecule has 3 N–H and O–H groups in total. The lowest BCUT2D eigenvalue weighted by Gasteiger charge is -2.13. The van der Waals surface area contributed by atoms with Gasteiger partial charge in [0.25, 0.3) is 5.91 Å². The topological polar surface area (TPSA) is 147 Å². The van der Waals surface area contributed by atoms with Crippen LogP contribution in [0.15, 0.2) is 16.7 Å². The predicted molar refractivity (Wildman–Crippen MR) is 63.7 cm³/mol. The summed E-state index contributed by atoms with van der Waals surface area (Å²) in [5, 5.41) is 26.1. The van der Waals surface area contributed by atoms with Crippen LogP contribution in [-0.4, -0.2) is 34.0 Å². The van der Waals surface area contributed by atoms with Gasteiger partial charge in [-0.05, 0) is 0 Å². The molecule has 19 heavy (non-hydrogen) atoms. The molecule has 9 nitrogen and oxygen atoms in total. The van der Waals surface area contributed by atoms with E-state index in [0.29, 0.717) is 13.1 Å². The maximum absolute atomic E-state index is 11.0. The van der Waals surface area contributed by atoms with Gasteiger partial charge in [-0.2, -0.15) is 10.5 Å². The van der Waals surface area contributed by atoms with Crippen LogP contribution in [0.4, 0.5) is 5.82 Å². The summed E-state index contributed by atoms with van der Waals surface area (Å²) in [6.07, 6.45) is 1.80. The summed E-state index contributed by atoms with van der Waals surface area (Å²) in [5.41, 5.74) is 5.17. The highest BCUT2D eigenvalue weighted by Gasteiger charge is 2.10. The van der Waals surface area contributed by atoms with Gasteiger partial charge >= 0.3 is 0 Å². The zero-order chi connectivity index (χ0) is 14.1. The van der Waals surface area contributed by atoms with Gasteiger partial charge in [0.2, 0.25) is 5.82 Å². The minimum atomic E-state index is -0.688. The van der Waals surface area contributed by atoms with Crippen molar-refractivity contribution in [2.75, 3.05) is 13.1 Å². The van der Waals surface area contributed by atoms with Crippen LogP contribution in [0, 0.1) is 22.7 Å². The van der Waals surface area contributed by atoms with Crippen molar-refractivity contribution in [3.8, 4) is 12.1 Å². The Labute approximate surface area is 109 Å². The van der Waals surface area contributed by atoms with Crippen molar-refractivity contribution in [2.45, 2.75) is 12.8 Å². The van der Waals surface area contributed by atoms with E-state index in [-0.39, 0.29) is 24.4 Å². The third-order valence-corrected chi connectivity index (χ3v) is 2.10. The first-order valence-corrected chi connectivity index (χ1v) is 5.42. The second-order valence-corrected chi connectivity index (χ2v) is 3.42. The molecule has 0 saturated carbocycles. The quantitative estimate of drug-likeness (QED) is 0.545. The number of amides is 1. The second kappa shape index (κ2) is 7.40. The SMILES string of the molecule is N#CCCN(CCC#N)N=Nc1nc[nH]c1C(N)=O. The highest BCUT2D eigenvalue weighted by atomic mass is 16.1. The van der Waals surface area contributed by atoms with Gasteiger partial charge in [-0.15, -0.1) is 5.11 Å². The van der Waals surface area contributed by atoms with Gasteiger partial charge in [0.1, 0.15) is 0 Å². The van der Waals surface area contributed by atoms with Crippen molar-refractivity contribution < 1.29 is 4.79 Å². The molecule has 0 radical (unpaired) electrons. The van der Waals surface area contributed by atoms with Crippen molar-refractivity contribution in [3.05, 3.63) is 12.0 Å². The molecular formula is C10H12N8O. The standard InChI is InChI=1S/C10H12N8O/c11-3-1-5-18(6-2-4-12)17-16-10-8(9(13)19)14-7-15-10/h7H,1-2,5-6H2,(H2,13,19)(H,14,15). The molecule has 1 heterocycles. The molecule has 0 bridgehead atoms. The van der Waals surface area contributed by atoms with E-state index in [2.05, 4.69) is 20.3 Å². The average Bonchev–Trinajstić information content (AvgIpc) is 2.86. The van der Waals surface area contributed by atoms with Gasteiger partial charge in [-0.3, -0.25) is 9.80 Å². The first kappa shape index (κ1) is 14.1. The van der Waals surface area contributed by atoms with E-state index in [1.54, 1.807) is 0 Å². The number of imidazole rings is 1. The Bertz CT molecular complexity index is 516. The number of carbonyl (C=O) groups is 1. The molecule has 0 saturated heterocycles. The normalized spacial score (nSPS) is 10.0. The number of H-pyrrole nitrogens is 1. The molecule has 1 amide bonds. The summed E-state index contributed by atoms with van der Waals surface area (Å²) in [6, 6.07) is 3.95. The van der Waals surface area contributed by atoms with E-state index in [4.69, 9.17) is 16.3 Å². The summed E-state index contributed by atoms with van der Waals surface area (Å²) < 4.78 is 0. The number of carbonyl (C=O) groups excluding carboxylic acids is 1. The summed E-state index contributed by atoms with van der Waals surface area (Å²) in [7, 11) is 0. The first-order chi connectivity index (χ1) is 9.19. The highest BCUT2D eigenvalue weighted by molar-refractivity contribution is 5.94. The average molecular weight is 260 g/mol. The Morgan fingerprint density at radius 1 is 1.42 bits per heavy atom. The van der Waals surface area contributed by atoms with E-state index in [0.717, 1.165) is 0 Å². The number of nitrogens with zero attached hydrogens (tertiary/aromatic N) is 6.